The summed E-state index contributed by atoms with van der Waals surface area (Å²) in [6, 6.07) is 10.8. The van der Waals surface area contributed by atoms with E-state index in [2.05, 4.69) is 0 Å². The summed E-state index contributed by atoms with van der Waals surface area (Å²) in [5.74, 6) is -1.26. The summed E-state index contributed by atoms with van der Waals surface area (Å²) in [6.45, 7) is -1.49. The summed E-state index contributed by atoms with van der Waals surface area (Å²) < 4.78 is 116. The average Bonchev–Trinajstić information content (AvgIpc) is 2.81. The SMILES string of the molecule is COc1ccc(C2=c3cc(F)/c(=C\CCC(F)(F)F)cc3Oc3cc(NCC(F)(F)F)c(F)cc32)cc1. The van der Waals surface area contributed by atoms with Gasteiger partial charge < -0.3 is 14.8 Å². The first-order valence-corrected chi connectivity index (χ1v) is 10.9. The summed E-state index contributed by atoms with van der Waals surface area (Å²) >= 11 is 0. The van der Waals surface area contributed by atoms with Gasteiger partial charge in [0, 0.05) is 34.1 Å². The van der Waals surface area contributed by atoms with Gasteiger partial charge >= 0.3 is 12.4 Å². The monoisotopic (exact) mass is 529 g/mol. The molecule has 0 saturated carbocycles. The zero-order chi connectivity index (χ0) is 27.0. The zero-order valence-electron chi connectivity index (χ0n) is 19.2. The van der Waals surface area contributed by atoms with Crippen molar-refractivity contribution in [1.82, 2.24) is 0 Å². The first-order chi connectivity index (χ1) is 17.3. The maximum absolute atomic E-state index is 14.9. The number of methoxy groups -OCH3 is 1. The third kappa shape index (κ3) is 6.15. The van der Waals surface area contributed by atoms with Crippen molar-refractivity contribution < 1.29 is 44.6 Å². The van der Waals surface area contributed by atoms with Gasteiger partial charge in [0.05, 0.1) is 12.8 Å². The molecule has 0 unspecified atom stereocenters. The molecule has 37 heavy (non-hydrogen) atoms. The van der Waals surface area contributed by atoms with Crippen molar-refractivity contribution in [1.29, 1.82) is 0 Å². The van der Waals surface area contributed by atoms with Gasteiger partial charge in [-0.1, -0.05) is 18.2 Å². The van der Waals surface area contributed by atoms with Crippen LogP contribution in [0, 0.1) is 11.6 Å². The maximum atomic E-state index is 14.9. The summed E-state index contributed by atoms with van der Waals surface area (Å²) in [4.78, 5) is 0. The molecule has 0 fully saturated rings. The summed E-state index contributed by atoms with van der Waals surface area (Å²) in [6.07, 6.45) is -9.56. The quantitative estimate of drug-likeness (QED) is 0.293. The van der Waals surface area contributed by atoms with Crippen molar-refractivity contribution in [2.75, 3.05) is 19.0 Å². The minimum atomic E-state index is -4.60. The maximum Gasteiger partial charge on any atom is 0.405 e. The highest BCUT2D eigenvalue weighted by Crippen LogP contribution is 2.39. The van der Waals surface area contributed by atoms with E-state index in [9.17, 15) is 35.1 Å². The normalized spacial score (nSPS) is 13.6. The topological polar surface area (TPSA) is 30.5 Å². The Morgan fingerprint density at radius 1 is 0.865 bits per heavy atom. The van der Waals surface area contributed by atoms with Crippen molar-refractivity contribution in [2.24, 2.45) is 0 Å². The number of fused-ring (bicyclic) bond motifs is 2. The van der Waals surface area contributed by atoms with Crippen molar-refractivity contribution in [3.8, 4) is 17.2 Å². The number of benzene rings is 3. The fraction of sp³-hybridized carbons (Fsp3) is 0.231. The lowest BCUT2D eigenvalue weighted by atomic mass is 9.92. The van der Waals surface area contributed by atoms with Crippen LogP contribution in [-0.2, 0) is 0 Å². The van der Waals surface area contributed by atoms with Gasteiger partial charge in [-0.3, -0.25) is 0 Å². The van der Waals surface area contributed by atoms with E-state index in [0.717, 1.165) is 24.3 Å². The second-order valence-electron chi connectivity index (χ2n) is 8.23. The molecule has 0 saturated heterocycles. The Bertz CT molecular complexity index is 1430. The van der Waals surface area contributed by atoms with Gasteiger partial charge in [-0.25, -0.2) is 8.78 Å². The molecule has 1 aliphatic rings. The van der Waals surface area contributed by atoms with Crippen LogP contribution in [0.15, 0.2) is 48.5 Å². The molecule has 0 radical (unpaired) electrons. The summed E-state index contributed by atoms with van der Waals surface area (Å²) in [5.41, 5.74) is 0.504. The molecular weight excluding hydrogens is 510 g/mol. The van der Waals surface area contributed by atoms with Gasteiger partial charge in [-0.2, -0.15) is 26.3 Å². The van der Waals surface area contributed by atoms with Crippen LogP contribution in [0.4, 0.5) is 40.8 Å². The highest BCUT2D eigenvalue weighted by Gasteiger charge is 2.29. The smallest absolute Gasteiger partial charge is 0.405 e. The van der Waals surface area contributed by atoms with E-state index in [4.69, 9.17) is 9.47 Å². The first kappa shape index (κ1) is 26.3. The van der Waals surface area contributed by atoms with Crippen LogP contribution in [0.5, 0.6) is 17.2 Å². The van der Waals surface area contributed by atoms with Crippen LogP contribution in [0.1, 0.15) is 24.0 Å². The minimum Gasteiger partial charge on any atom is -0.497 e. The Morgan fingerprint density at radius 2 is 1.57 bits per heavy atom. The molecule has 0 atom stereocenters. The number of anilines is 1. The molecule has 3 nitrogen and oxygen atoms in total. The molecule has 4 rings (SSSR count). The molecule has 11 heteroatoms. The van der Waals surface area contributed by atoms with Gasteiger partial charge in [0.1, 0.15) is 35.4 Å². The Hall–Kier alpha value is -3.76. The van der Waals surface area contributed by atoms with Crippen molar-refractivity contribution in [3.05, 3.63) is 81.7 Å². The van der Waals surface area contributed by atoms with E-state index < -0.39 is 49.1 Å². The Balaban J connectivity index is 1.89. The van der Waals surface area contributed by atoms with Crippen LogP contribution in [0.3, 0.4) is 0 Å². The highest BCUT2D eigenvalue weighted by atomic mass is 19.4. The molecule has 3 aromatic rings. The molecule has 1 N–H and O–H groups in total. The first-order valence-electron chi connectivity index (χ1n) is 10.9. The molecule has 0 aromatic heterocycles. The predicted octanol–water partition coefficient (Wildman–Crippen LogP) is 6.42. The van der Waals surface area contributed by atoms with E-state index in [1.165, 1.54) is 13.2 Å². The number of hydrogen-bond acceptors (Lipinski definition) is 3. The fourth-order valence-electron chi connectivity index (χ4n) is 3.89. The molecule has 3 aromatic carbocycles. The second kappa shape index (κ2) is 9.95. The zero-order valence-corrected chi connectivity index (χ0v) is 19.2. The summed E-state index contributed by atoms with van der Waals surface area (Å²) in [5, 5.41) is 2.03. The standard InChI is InChI=1S/C26H19F8NO2/c1-36-16-6-4-14(5-7-16)24-17-10-19(27)15(3-2-8-25(29,30)31)9-22(17)37-23-12-21(20(28)11-18(23)24)35-13-26(32,33)34/h3-7,9-12,35H,2,8,13H2,1H3/b15-3-. The molecule has 0 spiro atoms. The van der Waals surface area contributed by atoms with Gasteiger partial charge in [0.15, 0.2) is 0 Å². The van der Waals surface area contributed by atoms with E-state index in [0.29, 0.717) is 16.9 Å². The Morgan fingerprint density at radius 3 is 2.19 bits per heavy atom. The largest absolute Gasteiger partial charge is 0.497 e. The highest BCUT2D eigenvalue weighted by molar-refractivity contribution is 5.86. The number of rotatable bonds is 6. The number of ether oxygens (including phenoxy) is 2. The van der Waals surface area contributed by atoms with Crippen LogP contribution in [0.2, 0.25) is 0 Å². The van der Waals surface area contributed by atoms with Crippen LogP contribution >= 0.6 is 0 Å². The Kier molecular flexibility index (Phi) is 7.07. The lowest BCUT2D eigenvalue weighted by molar-refractivity contribution is -0.133. The molecule has 1 heterocycles. The molecule has 0 bridgehead atoms. The number of nitrogens with one attached hydrogen (secondary N) is 1. The summed E-state index contributed by atoms with van der Waals surface area (Å²) in [7, 11) is 1.46. The van der Waals surface area contributed by atoms with Crippen molar-refractivity contribution in [2.45, 2.75) is 25.2 Å². The number of halogens is 8. The van der Waals surface area contributed by atoms with Gasteiger partial charge in [-0.15, -0.1) is 0 Å². The number of hydrogen-bond donors (Lipinski definition) is 1. The van der Waals surface area contributed by atoms with Gasteiger partial charge in [0.25, 0.3) is 0 Å². The van der Waals surface area contributed by atoms with Crippen molar-refractivity contribution in [3.63, 3.8) is 0 Å². The fourth-order valence-corrected chi connectivity index (χ4v) is 3.89. The van der Waals surface area contributed by atoms with Crippen molar-refractivity contribution >= 4 is 17.3 Å². The van der Waals surface area contributed by atoms with Gasteiger partial charge in [0.2, 0.25) is 0 Å². The van der Waals surface area contributed by atoms with E-state index in [-0.39, 0.29) is 27.5 Å². The third-order valence-corrected chi connectivity index (χ3v) is 5.58. The third-order valence-electron chi connectivity index (χ3n) is 5.58. The molecule has 0 aliphatic carbocycles. The number of alkyl halides is 6. The lowest BCUT2D eigenvalue weighted by Crippen LogP contribution is -2.24. The molecule has 0 amide bonds. The van der Waals surface area contributed by atoms with E-state index in [1.807, 2.05) is 5.32 Å². The molecule has 1 aliphatic heterocycles. The minimum absolute atomic E-state index is 0.0164. The Labute approximate surface area is 205 Å². The van der Waals surface area contributed by atoms with E-state index in [1.54, 1.807) is 24.3 Å². The van der Waals surface area contributed by atoms with E-state index >= 15 is 0 Å². The molecular formula is C26H19F8NO2. The van der Waals surface area contributed by atoms with Crippen LogP contribution < -0.4 is 25.2 Å². The van der Waals surface area contributed by atoms with Crippen LogP contribution in [0.25, 0.3) is 11.6 Å². The predicted molar refractivity (Wildman–Crippen MR) is 121 cm³/mol. The molecule has 196 valence electrons. The lowest BCUT2D eigenvalue weighted by Gasteiger charge is -2.23. The van der Waals surface area contributed by atoms with Crippen LogP contribution in [-0.4, -0.2) is 26.0 Å². The average molecular weight is 529 g/mol. The second-order valence-corrected chi connectivity index (χ2v) is 8.23. The van der Waals surface area contributed by atoms with Gasteiger partial charge in [-0.05, 0) is 42.3 Å².